The van der Waals surface area contributed by atoms with Crippen molar-refractivity contribution >= 4 is 16.8 Å². The summed E-state index contributed by atoms with van der Waals surface area (Å²) in [5, 5.41) is 0.849. The van der Waals surface area contributed by atoms with Crippen LogP contribution in [0.5, 0.6) is 11.5 Å². The minimum absolute atomic E-state index is 0.123. The lowest BCUT2D eigenvalue weighted by Crippen LogP contribution is -2.30. The molecule has 148 valence electrons. The van der Waals surface area contributed by atoms with Crippen molar-refractivity contribution in [2.75, 3.05) is 14.2 Å². The maximum Gasteiger partial charge on any atom is 0.271 e. The van der Waals surface area contributed by atoms with Crippen LogP contribution in [0.25, 0.3) is 10.9 Å². The molecule has 2 heterocycles. The Morgan fingerprint density at radius 2 is 1.83 bits per heavy atom. The van der Waals surface area contributed by atoms with Gasteiger partial charge in [0.15, 0.2) is 0 Å². The minimum atomic E-state index is -0.123. The van der Waals surface area contributed by atoms with Crippen LogP contribution in [-0.2, 0) is 13.1 Å². The Morgan fingerprint density at radius 3 is 2.52 bits per heavy atom. The first-order valence-corrected chi connectivity index (χ1v) is 9.28. The second-order valence-electron chi connectivity index (χ2n) is 6.70. The molecular weight excluding hydrogens is 368 g/mol. The number of nitrogens with zero attached hydrogens (tertiary/aromatic N) is 1. The molecule has 0 bridgehead atoms. The van der Waals surface area contributed by atoms with E-state index in [4.69, 9.17) is 13.9 Å². The van der Waals surface area contributed by atoms with Crippen LogP contribution in [0.1, 0.15) is 21.8 Å². The summed E-state index contributed by atoms with van der Waals surface area (Å²) in [6.45, 7) is 0.840. The Kier molecular flexibility index (Phi) is 5.24. The van der Waals surface area contributed by atoms with Gasteiger partial charge in [-0.3, -0.25) is 4.79 Å². The summed E-state index contributed by atoms with van der Waals surface area (Å²) in [5.41, 5.74) is 2.28. The number of furan rings is 1. The number of hydrogen-bond acceptors (Lipinski definition) is 4. The van der Waals surface area contributed by atoms with Gasteiger partial charge in [0, 0.05) is 18.0 Å². The largest absolute Gasteiger partial charge is 0.497 e. The lowest BCUT2D eigenvalue weighted by atomic mass is 10.2. The summed E-state index contributed by atoms with van der Waals surface area (Å²) < 4.78 is 16.3. The second-order valence-corrected chi connectivity index (χ2v) is 6.70. The Balaban J connectivity index is 1.69. The number of H-pyrrole nitrogens is 1. The average molecular weight is 390 g/mol. The van der Waals surface area contributed by atoms with Crippen molar-refractivity contribution in [2.45, 2.75) is 13.1 Å². The van der Waals surface area contributed by atoms with E-state index >= 15 is 0 Å². The Morgan fingerprint density at radius 1 is 1.00 bits per heavy atom. The molecule has 0 saturated heterocycles. The number of methoxy groups -OCH3 is 2. The number of fused-ring (bicyclic) bond motifs is 1. The van der Waals surface area contributed by atoms with Gasteiger partial charge >= 0.3 is 0 Å². The predicted octanol–water partition coefficient (Wildman–Crippen LogP) is 4.62. The molecule has 4 rings (SSSR count). The summed E-state index contributed by atoms with van der Waals surface area (Å²) in [5.74, 6) is 1.90. The maximum absolute atomic E-state index is 13.4. The molecule has 1 N–H and O–H groups in total. The number of benzene rings is 2. The van der Waals surface area contributed by atoms with E-state index in [1.54, 1.807) is 31.4 Å². The lowest BCUT2D eigenvalue weighted by Gasteiger charge is -2.21. The highest BCUT2D eigenvalue weighted by molar-refractivity contribution is 5.99. The van der Waals surface area contributed by atoms with Crippen LogP contribution >= 0.6 is 0 Å². The Bertz CT molecular complexity index is 1100. The standard InChI is InChI=1S/C23H22N2O4/c1-27-19-11-17-12-20(24-22(17)21(13-19)28-2)23(26)25(15-18-9-6-10-29-18)14-16-7-4-3-5-8-16/h3-13,24H,14-15H2,1-2H3. The van der Waals surface area contributed by atoms with Crippen LogP contribution in [0.4, 0.5) is 0 Å². The van der Waals surface area contributed by atoms with Crippen molar-refractivity contribution in [3.05, 3.63) is 83.9 Å². The molecule has 4 aromatic rings. The summed E-state index contributed by atoms with van der Waals surface area (Å²) in [6, 6.07) is 19.1. The number of nitrogens with one attached hydrogen (secondary N) is 1. The predicted molar refractivity (Wildman–Crippen MR) is 110 cm³/mol. The van der Waals surface area contributed by atoms with Gasteiger partial charge in [-0.25, -0.2) is 0 Å². The molecule has 0 aliphatic carbocycles. The average Bonchev–Trinajstić information content (AvgIpc) is 3.42. The molecule has 0 radical (unpaired) electrons. The third kappa shape index (κ3) is 3.96. The van der Waals surface area contributed by atoms with E-state index in [0.29, 0.717) is 30.3 Å². The third-order valence-corrected chi connectivity index (χ3v) is 4.78. The molecular formula is C23H22N2O4. The van der Waals surface area contributed by atoms with Gasteiger partial charge in [0.05, 0.1) is 32.5 Å². The molecule has 0 saturated carbocycles. The van der Waals surface area contributed by atoms with E-state index in [1.165, 1.54) is 0 Å². The maximum atomic E-state index is 13.4. The van der Waals surface area contributed by atoms with Gasteiger partial charge in [0.2, 0.25) is 0 Å². The zero-order valence-electron chi connectivity index (χ0n) is 16.3. The molecule has 0 aliphatic heterocycles. The van der Waals surface area contributed by atoms with Crippen molar-refractivity contribution in [1.29, 1.82) is 0 Å². The molecule has 0 unspecified atom stereocenters. The number of ether oxygens (including phenoxy) is 2. The van der Waals surface area contributed by atoms with Gasteiger partial charge in [-0.05, 0) is 29.8 Å². The van der Waals surface area contributed by atoms with Crippen LogP contribution in [-0.4, -0.2) is 30.0 Å². The highest BCUT2D eigenvalue weighted by Crippen LogP contribution is 2.31. The Labute approximate surface area is 168 Å². The van der Waals surface area contributed by atoms with Gasteiger partial charge < -0.3 is 23.8 Å². The number of aromatic amines is 1. The lowest BCUT2D eigenvalue weighted by molar-refractivity contribution is 0.0712. The fourth-order valence-corrected chi connectivity index (χ4v) is 3.34. The molecule has 29 heavy (non-hydrogen) atoms. The highest BCUT2D eigenvalue weighted by atomic mass is 16.5. The zero-order chi connectivity index (χ0) is 20.2. The van der Waals surface area contributed by atoms with E-state index in [2.05, 4.69) is 4.98 Å². The molecule has 0 spiro atoms. The van der Waals surface area contributed by atoms with Crippen molar-refractivity contribution in [1.82, 2.24) is 9.88 Å². The quantitative estimate of drug-likeness (QED) is 0.500. The van der Waals surface area contributed by atoms with Gasteiger partial charge in [-0.2, -0.15) is 0 Å². The van der Waals surface area contributed by atoms with Crippen LogP contribution in [0.3, 0.4) is 0 Å². The molecule has 2 aromatic heterocycles. The van der Waals surface area contributed by atoms with E-state index < -0.39 is 0 Å². The minimum Gasteiger partial charge on any atom is -0.497 e. The summed E-state index contributed by atoms with van der Waals surface area (Å²) >= 11 is 0. The molecule has 1 amide bonds. The van der Waals surface area contributed by atoms with Crippen LogP contribution in [0, 0.1) is 0 Å². The molecule has 0 fully saturated rings. The fraction of sp³-hybridized carbons (Fsp3) is 0.174. The van der Waals surface area contributed by atoms with Crippen molar-refractivity contribution in [2.24, 2.45) is 0 Å². The van der Waals surface area contributed by atoms with E-state index in [0.717, 1.165) is 22.2 Å². The van der Waals surface area contributed by atoms with E-state index in [-0.39, 0.29) is 5.91 Å². The van der Waals surface area contributed by atoms with Crippen molar-refractivity contribution in [3.8, 4) is 11.5 Å². The van der Waals surface area contributed by atoms with Crippen LogP contribution < -0.4 is 9.47 Å². The number of rotatable bonds is 7. The van der Waals surface area contributed by atoms with Crippen LogP contribution in [0.15, 0.2) is 71.3 Å². The van der Waals surface area contributed by atoms with Crippen molar-refractivity contribution in [3.63, 3.8) is 0 Å². The van der Waals surface area contributed by atoms with Crippen molar-refractivity contribution < 1.29 is 18.7 Å². The first-order valence-electron chi connectivity index (χ1n) is 9.28. The number of amides is 1. The number of carbonyl (C=O) groups excluding carboxylic acids is 1. The molecule has 2 aromatic carbocycles. The summed E-state index contributed by atoms with van der Waals surface area (Å²) in [6.07, 6.45) is 1.61. The summed E-state index contributed by atoms with van der Waals surface area (Å²) in [4.78, 5) is 18.3. The number of carbonyl (C=O) groups is 1. The highest BCUT2D eigenvalue weighted by Gasteiger charge is 2.21. The third-order valence-electron chi connectivity index (χ3n) is 4.78. The number of hydrogen-bond donors (Lipinski definition) is 1. The second kappa shape index (κ2) is 8.14. The fourth-order valence-electron chi connectivity index (χ4n) is 3.34. The monoisotopic (exact) mass is 390 g/mol. The SMILES string of the molecule is COc1cc(OC)c2[nH]c(C(=O)N(Cc3ccccc3)Cc3ccco3)cc2c1. The molecule has 0 atom stereocenters. The normalized spacial score (nSPS) is 10.8. The molecule has 6 heteroatoms. The summed E-state index contributed by atoms with van der Waals surface area (Å²) in [7, 11) is 3.19. The van der Waals surface area contributed by atoms with Gasteiger partial charge in [-0.15, -0.1) is 0 Å². The first kappa shape index (κ1) is 18.7. The first-order chi connectivity index (χ1) is 14.2. The van der Waals surface area contributed by atoms with Gasteiger partial charge in [-0.1, -0.05) is 30.3 Å². The van der Waals surface area contributed by atoms with Crippen LogP contribution in [0.2, 0.25) is 0 Å². The number of aromatic nitrogens is 1. The molecule has 6 nitrogen and oxygen atoms in total. The smallest absolute Gasteiger partial charge is 0.271 e. The van der Waals surface area contributed by atoms with E-state index in [1.807, 2.05) is 54.6 Å². The van der Waals surface area contributed by atoms with Gasteiger partial charge in [0.25, 0.3) is 5.91 Å². The molecule has 0 aliphatic rings. The van der Waals surface area contributed by atoms with E-state index in [9.17, 15) is 4.79 Å². The van der Waals surface area contributed by atoms with Gasteiger partial charge in [0.1, 0.15) is 23.0 Å². The zero-order valence-corrected chi connectivity index (χ0v) is 16.3. The topological polar surface area (TPSA) is 67.7 Å². The Hall–Kier alpha value is -3.67.